The van der Waals surface area contributed by atoms with Crippen molar-refractivity contribution in [1.29, 1.82) is 0 Å². The van der Waals surface area contributed by atoms with Crippen LogP contribution in [-0.2, 0) is 6.42 Å². The van der Waals surface area contributed by atoms with E-state index in [1.807, 2.05) is 48.0 Å². The van der Waals surface area contributed by atoms with Crippen LogP contribution in [0.15, 0.2) is 36.5 Å². The molecule has 0 saturated heterocycles. The molecule has 3 aromatic rings. The van der Waals surface area contributed by atoms with Gasteiger partial charge in [0.2, 0.25) is 0 Å². The lowest BCUT2D eigenvalue weighted by Crippen LogP contribution is -2.08. The molecule has 0 aliphatic rings. The van der Waals surface area contributed by atoms with Gasteiger partial charge in [0.15, 0.2) is 5.82 Å². The molecule has 2 N–H and O–H groups in total. The van der Waals surface area contributed by atoms with Crippen molar-refractivity contribution < 1.29 is 0 Å². The van der Waals surface area contributed by atoms with Gasteiger partial charge in [-0.05, 0) is 13.5 Å². The Labute approximate surface area is 111 Å². The predicted octanol–water partition coefficient (Wildman–Crippen LogP) is 1.60. The summed E-state index contributed by atoms with van der Waals surface area (Å²) in [6.07, 6.45) is 2.53. The minimum absolute atomic E-state index is 0.559. The summed E-state index contributed by atoms with van der Waals surface area (Å²) >= 11 is 0. The average molecular weight is 253 g/mol. The molecule has 0 unspecified atom stereocenters. The fourth-order valence-electron chi connectivity index (χ4n) is 2.10. The normalized spacial score (nSPS) is 11.1. The monoisotopic (exact) mass is 253 g/mol. The number of imidazole rings is 1. The molecule has 3 rings (SSSR count). The van der Waals surface area contributed by atoms with E-state index in [1.165, 1.54) is 0 Å². The van der Waals surface area contributed by atoms with Gasteiger partial charge in [-0.1, -0.05) is 30.3 Å². The molecule has 0 bridgehead atoms. The zero-order valence-electron chi connectivity index (χ0n) is 10.7. The molecule has 5 nitrogen and oxygen atoms in total. The topological polar surface area (TPSA) is 69.1 Å². The SMILES string of the molecule is Cc1nc(CCN)n2nc(-c3ccccc3)ncc12. The van der Waals surface area contributed by atoms with E-state index in [2.05, 4.69) is 15.1 Å². The number of hydrogen-bond donors (Lipinski definition) is 1. The Morgan fingerprint density at radius 3 is 2.74 bits per heavy atom. The van der Waals surface area contributed by atoms with Crippen LogP contribution in [0.2, 0.25) is 0 Å². The van der Waals surface area contributed by atoms with Gasteiger partial charge in [0, 0.05) is 12.0 Å². The Balaban J connectivity index is 2.17. The maximum absolute atomic E-state index is 5.61. The molecule has 2 heterocycles. The number of nitrogens with two attached hydrogens (primary N) is 1. The largest absolute Gasteiger partial charge is 0.330 e. The number of aryl methyl sites for hydroxylation is 1. The Bertz CT molecular complexity index is 702. The number of hydrogen-bond acceptors (Lipinski definition) is 4. The van der Waals surface area contributed by atoms with E-state index in [0.29, 0.717) is 18.8 Å². The van der Waals surface area contributed by atoms with E-state index in [4.69, 9.17) is 5.73 Å². The van der Waals surface area contributed by atoms with Crippen LogP contribution in [0.3, 0.4) is 0 Å². The van der Waals surface area contributed by atoms with Gasteiger partial charge in [-0.2, -0.15) is 0 Å². The van der Waals surface area contributed by atoms with Crippen molar-refractivity contribution in [1.82, 2.24) is 19.6 Å². The van der Waals surface area contributed by atoms with E-state index in [9.17, 15) is 0 Å². The van der Waals surface area contributed by atoms with Gasteiger partial charge in [-0.25, -0.2) is 14.5 Å². The second-order valence-electron chi connectivity index (χ2n) is 4.40. The Morgan fingerprint density at radius 2 is 2.00 bits per heavy atom. The molecule has 0 spiro atoms. The maximum Gasteiger partial charge on any atom is 0.180 e. The fourth-order valence-corrected chi connectivity index (χ4v) is 2.10. The Kier molecular flexibility index (Phi) is 2.97. The molecule has 0 atom stereocenters. The molecule has 2 aromatic heterocycles. The third kappa shape index (κ3) is 2.08. The summed E-state index contributed by atoms with van der Waals surface area (Å²) in [7, 11) is 0. The lowest BCUT2D eigenvalue weighted by atomic mass is 10.2. The first-order valence-electron chi connectivity index (χ1n) is 6.26. The number of aromatic nitrogens is 4. The summed E-state index contributed by atoms with van der Waals surface area (Å²) < 4.78 is 1.84. The van der Waals surface area contributed by atoms with Crippen molar-refractivity contribution in [3.63, 3.8) is 0 Å². The van der Waals surface area contributed by atoms with Gasteiger partial charge >= 0.3 is 0 Å². The van der Waals surface area contributed by atoms with Crippen LogP contribution < -0.4 is 5.73 Å². The highest BCUT2D eigenvalue weighted by atomic mass is 15.3. The Morgan fingerprint density at radius 1 is 1.21 bits per heavy atom. The zero-order valence-corrected chi connectivity index (χ0v) is 10.7. The number of benzene rings is 1. The molecule has 0 radical (unpaired) electrons. The number of fused-ring (bicyclic) bond motifs is 1. The summed E-state index contributed by atoms with van der Waals surface area (Å²) in [6.45, 7) is 2.52. The maximum atomic E-state index is 5.61. The molecule has 19 heavy (non-hydrogen) atoms. The third-order valence-electron chi connectivity index (χ3n) is 3.04. The first-order valence-corrected chi connectivity index (χ1v) is 6.26. The second-order valence-corrected chi connectivity index (χ2v) is 4.40. The van der Waals surface area contributed by atoms with Crippen molar-refractivity contribution in [2.45, 2.75) is 13.3 Å². The summed E-state index contributed by atoms with van der Waals surface area (Å²) in [5.41, 5.74) is 8.47. The van der Waals surface area contributed by atoms with Gasteiger partial charge in [0.25, 0.3) is 0 Å². The lowest BCUT2D eigenvalue weighted by Gasteiger charge is -2.02. The molecule has 0 fully saturated rings. The van der Waals surface area contributed by atoms with E-state index in [1.54, 1.807) is 0 Å². The first-order chi connectivity index (χ1) is 9.29. The summed E-state index contributed by atoms with van der Waals surface area (Å²) in [5.74, 6) is 1.58. The predicted molar refractivity (Wildman–Crippen MR) is 73.7 cm³/mol. The van der Waals surface area contributed by atoms with Gasteiger partial charge in [0.05, 0.1) is 11.9 Å². The van der Waals surface area contributed by atoms with E-state index in [-0.39, 0.29) is 0 Å². The average Bonchev–Trinajstić information content (AvgIpc) is 2.77. The van der Waals surface area contributed by atoms with Gasteiger partial charge in [-0.3, -0.25) is 0 Å². The molecule has 0 aliphatic carbocycles. The van der Waals surface area contributed by atoms with Crippen LogP contribution in [0.1, 0.15) is 11.5 Å². The minimum Gasteiger partial charge on any atom is -0.330 e. The standard InChI is InChI=1S/C14H15N5/c1-10-12-9-16-14(11-5-3-2-4-6-11)18-19(12)13(17-10)7-8-15/h2-6,9H,7-8,15H2,1H3. The van der Waals surface area contributed by atoms with Gasteiger partial charge in [-0.15, -0.1) is 5.10 Å². The molecule has 96 valence electrons. The van der Waals surface area contributed by atoms with Crippen molar-refractivity contribution in [2.75, 3.05) is 6.54 Å². The third-order valence-corrected chi connectivity index (χ3v) is 3.04. The summed E-state index contributed by atoms with van der Waals surface area (Å²) in [6, 6.07) is 9.91. The van der Waals surface area contributed by atoms with E-state index in [0.717, 1.165) is 22.6 Å². The van der Waals surface area contributed by atoms with Crippen molar-refractivity contribution in [3.8, 4) is 11.4 Å². The smallest absolute Gasteiger partial charge is 0.180 e. The second kappa shape index (κ2) is 4.78. The highest BCUT2D eigenvalue weighted by molar-refractivity contribution is 5.57. The molecule has 0 amide bonds. The molecule has 0 saturated carbocycles. The molecule has 5 heteroatoms. The van der Waals surface area contributed by atoms with Crippen LogP contribution >= 0.6 is 0 Å². The first kappa shape index (κ1) is 11.8. The quantitative estimate of drug-likeness (QED) is 0.769. The molecule has 0 aliphatic heterocycles. The van der Waals surface area contributed by atoms with Gasteiger partial charge < -0.3 is 5.73 Å². The molecular weight excluding hydrogens is 238 g/mol. The van der Waals surface area contributed by atoms with E-state index >= 15 is 0 Å². The minimum atomic E-state index is 0.559. The fraction of sp³-hybridized carbons (Fsp3) is 0.214. The van der Waals surface area contributed by atoms with E-state index < -0.39 is 0 Å². The van der Waals surface area contributed by atoms with Crippen LogP contribution in [-0.4, -0.2) is 26.1 Å². The van der Waals surface area contributed by atoms with Crippen molar-refractivity contribution in [3.05, 3.63) is 48.0 Å². The summed E-state index contributed by atoms with van der Waals surface area (Å²) in [4.78, 5) is 8.90. The Hall–Kier alpha value is -2.27. The van der Waals surface area contributed by atoms with Crippen LogP contribution in [0.5, 0.6) is 0 Å². The summed E-state index contributed by atoms with van der Waals surface area (Å²) in [5, 5.41) is 4.57. The van der Waals surface area contributed by atoms with Crippen LogP contribution in [0, 0.1) is 6.92 Å². The highest BCUT2D eigenvalue weighted by Crippen LogP contribution is 2.16. The van der Waals surface area contributed by atoms with Crippen LogP contribution in [0.4, 0.5) is 0 Å². The van der Waals surface area contributed by atoms with Crippen molar-refractivity contribution in [2.24, 2.45) is 5.73 Å². The number of nitrogens with zero attached hydrogens (tertiary/aromatic N) is 4. The molecular formula is C14H15N5. The van der Waals surface area contributed by atoms with Crippen LogP contribution in [0.25, 0.3) is 16.9 Å². The lowest BCUT2D eigenvalue weighted by molar-refractivity contribution is 0.787. The van der Waals surface area contributed by atoms with Gasteiger partial charge in [0.1, 0.15) is 11.3 Å². The van der Waals surface area contributed by atoms with Crippen molar-refractivity contribution >= 4 is 5.52 Å². The number of rotatable bonds is 3. The zero-order chi connectivity index (χ0) is 13.2. The molecule has 1 aromatic carbocycles. The highest BCUT2D eigenvalue weighted by Gasteiger charge is 2.10.